The predicted octanol–water partition coefficient (Wildman–Crippen LogP) is 1.55. The second-order valence-electron chi connectivity index (χ2n) is 5.74. The highest BCUT2D eigenvalue weighted by Crippen LogP contribution is 2.15. The summed E-state index contributed by atoms with van der Waals surface area (Å²) in [4.78, 5) is 16.7. The molecule has 0 radical (unpaired) electrons. The van der Waals surface area contributed by atoms with Gasteiger partial charge < -0.3 is 10.2 Å². The number of rotatable bonds is 5. The first-order valence-electron chi connectivity index (χ1n) is 7.47. The van der Waals surface area contributed by atoms with Crippen molar-refractivity contribution in [2.75, 3.05) is 46.3 Å². The van der Waals surface area contributed by atoms with Crippen LogP contribution < -0.4 is 5.32 Å². The van der Waals surface area contributed by atoms with Crippen LogP contribution in [-0.2, 0) is 11.2 Å². The van der Waals surface area contributed by atoms with E-state index in [-0.39, 0.29) is 5.91 Å². The molecule has 0 saturated carbocycles. The molecule has 1 heterocycles. The summed E-state index contributed by atoms with van der Waals surface area (Å²) in [7, 11) is 2.15. The minimum Gasteiger partial charge on any atom is -0.355 e. The Morgan fingerprint density at radius 3 is 2.67 bits per heavy atom. The van der Waals surface area contributed by atoms with E-state index in [4.69, 9.17) is 11.6 Å². The SMILES string of the molecule is Cc1cc(Cl)ccc1CC(=O)NCCN1CCN(C)CC1. The van der Waals surface area contributed by atoms with Crippen LogP contribution >= 0.6 is 11.6 Å². The van der Waals surface area contributed by atoms with Crippen LogP contribution in [0.1, 0.15) is 11.1 Å². The molecule has 0 spiro atoms. The number of carbonyl (C=O) groups excluding carboxylic acids is 1. The quantitative estimate of drug-likeness (QED) is 0.896. The molecule has 5 heteroatoms. The van der Waals surface area contributed by atoms with Crippen LogP contribution in [0.5, 0.6) is 0 Å². The number of piperazine rings is 1. The number of nitrogens with zero attached hydrogens (tertiary/aromatic N) is 2. The largest absolute Gasteiger partial charge is 0.355 e. The Morgan fingerprint density at radius 1 is 1.29 bits per heavy atom. The Labute approximate surface area is 132 Å². The Hall–Kier alpha value is -1.10. The molecular weight excluding hydrogens is 286 g/mol. The molecule has 1 saturated heterocycles. The van der Waals surface area contributed by atoms with Crippen LogP contribution in [0, 0.1) is 6.92 Å². The third-order valence-electron chi connectivity index (χ3n) is 4.00. The Balaban J connectivity index is 1.70. The summed E-state index contributed by atoms with van der Waals surface area (Å²) in [5.41, 5.74) is 2.10. The molecule has 1 aromatic rings. The first-order valence-corrected chi connectivity index (χ1v) is 7.85. The maximum Gasteiger partial charge on any atom is 0.224 e. The number of halogens is 1. The van der Waals surface area contributed by atoms with E-state index in [1.54, 1.807) is 0 Å². The molecule has 0 atom stereocenters. The van der Waals surface area contributed by atoms with Crippen molar-refractivity contribution < 1.29 is 4.79 Å². The fraction of sp³-hybridized carbons (Fsp3) is 0.562. The van der Waals surface area contributed by atoms with Gasteiger partial charge in [0.05, 0.1) is 6.42 Å². The van der Waals surface area contributed by atoms with Gasteiger partial charge in [-0.05, 0) is 37.2 Å². The lowest BCUT2D eigenvalue weighted by molar-refractivity contribution is -0.120. The summed E-state index contributed by atoms with van der Waals surface area (Å²) >= 11 is 5.92. The lowest BCUT2D eigenvalue weighted by Gasteiger charge is -2.32. The van der Waals surface area contributed by atoms with Crippen molar-refractivity contribution in [1.82, 2.24) is 15.1 Å². The number of likely N-dealkylation sites (N-methyl/N-ethyl adjacent to an activating group) is 1. The van der Waals surface area contributed by atoms with E-state index >= 15 is 0 Å². The molecule has 1 aliphatic rings. The van der Waals surface area contributed by atoms with Gasteiger partial charge in [-0.2, -0.15) is 0 Å². The van der Waals surface area contributed by atoms with Crippen molar-refractivity contribution >= 4 is 17.5 Å². The van der Waals surface area contributed by atoms with Gasteiger partial charge in [0.25, 0.3) is 0 Å². The van der Waals surface area contributed by atoms with Gasteiger partial charge in [-0.25, -0.2) is 0 Å². The summed E-state index contributed by atoms with van der Waals surface area (Å²) in [6.07, 6.45) is 0.422. The number of carbonyl (C=O) groups is 1. The molecule has 0 aliphatic carbocycles. The van der Waals surface area contributed by atoms with Gasteiger partial charge in [-0.3, -0.25) is 9.69 Å². The molecule has 1 aliphatic heterocycles. The van der Waals surface area contributed by atoms with E-state index in [0.717, 1.165) is 50.4 Å². The summed E-state index contributed by atoms with van der Waals surface area (Å²) in [5, 5.41) is 3.72. The van der Waals surface area contributed by atoms with Gasteiger partial charge >= 0.3 is 0 Å². The van der Waals surface area contributed by atoms with Crippen molar-refractivity contribution in [2.24, 2.45) is 0 Å². The van der Waals surface area contributed by atoms with E-state index in [1.807, 2.05) is 25.1 Å². The van der Waals surface area contributed by atoms with Crippen molar-refractivity contribution in [1.29, 1.82) is 0 Å². The lowest BCUT2D eigenvalue weighted by atomic mass is 10.1. The minimum atomic E-state index is 0.0783. The molecular formula is C16H24ClN3O. The Bertz CT molecular complexity index is 484. The van der Waals surface area contributed by atoms with E-state index in [2.05, 4.69) is 22.2 Å². The number of hydrogen-bond donors (Lipinski definition) is 1. The maximum atomic E-state index is 12.0. The van der Waals surface area contributed by atoms with Gasteiger partial charge in [-0.1, -0.05) is 17.7 Å². The van der Waals surface area contributed by atoms with Gasteiger partial charge in [0.15, 0.2) is 0 Å². The first kappa shape index (κ1) is 16.3. The van der Waals surface area contributed by atoms with E-state index in [1.165, 1.54) is 0 Å². The smallest absolute Gasteiger partial charge is 0.224 e. The topological polar surface area (TPSA) is 35.6 Å². The molecule has 4 nitrogen and oxygen atoms in total. The van der Waals surface area contributed by atoms with Crippen LogP contribution in [0.3, 0.4) is 0 Å². The van der Waals surface area contributed by atoms with Gasteiger partial charge in [0.1, 0.15) is 0 Å². The highest BCUT2D eigenvalue weighted by atomic mass is 35.5. The number of aryl methyl sites for hydroxylation is 1. The second kappa shape index (κ2) is 7.78. The highest BCUT2D eigenvalue weighted by molar-refractivity contribution is 6.30. The van der Waals surface area contributed by atoms with Crippen LogP contribution in [0.4, 0.5) is 0 Å². The summed E-state index contributed by atoms with van der Waals surface area (Å²) in [6.45, 7) is 8.02. The Morgan fingerprint density at radius 2 is 2.00 bits per heavy atom. The van der Waals surface area contributed by atoms with E-state index in [0.29, 0.717) is 11.4 Å². The average Bonchev–Trinajstić information content (AvgIpc) is 2.44. The zero-order valence-electron chi connectivity index (χ0n) is 12.9. The highest BCUT2D eigenvalue weighted by Gasteiger charge is 2.13. The van der Waals surface area contributed by atoms with Gasteiger partial charge in [0, 0.05) is 44.3 Å². The molecule has 1 amide bonds. The summed E-state index contributed by atoms with van der Waals surface area (Å²) in [6, 6.07) is 5.66. The molecule has 2 rings (SSSR count). The molecule has 0 unspecified atom stereocenters. The van der Waals surface area contributed by atoms with Gasteiger partial charge in [-0.15, -0.1) is 0 Å². The number of hydrogen-bond acceptors (Lipinski definition) is 3. The van der Waals surface area contributed by atoms with E-state index < -0.39 is 0 Å². The molecule has 1 aromatic carbocycles. The lowest BCUT2D eigenvalue weighted by Crippen LogP contribution is -2.47. The third kappa shape index (κ3) is 5.30. The normalized spacial score (nSPS) is 16.9. The van der Waals surface area contributed by atoms with Crippen LogP contribution in [0.25, 0.3) is 0 Å². The number of nitrogens with one attached hydrogen (secondary N) is 1. The zero-order chi connectivity index (χ0) is 15.2. The molecule has 1 fully saturated rings. The molecule has 116 valence electrons. The third-order valence-corrected chi connectivity index (χ3v) is 4.24. The van der Waals surface area contributed by atoms with E-state index in [9.17, 15) is 4.79 Å². The summed E-state index contributed by atoms with van der Waals surface area (Å²) in [5.74, 6) is 0.0783. The minimum absolute atomic E-state index is 0.0783. The monoisotopic (exact) mass is 309 g/mol. The molecule has 0 bridgehead atoms. The van der Waals surface area contributed by atoms with Crippen LogP contribution in [0.2, 0.25) is 5.02 Å². The molecule has 21 heavy (non-hydrogen) atoms. The van der Waals surface area contributed by atoms with Gasteiger partial charge in [0.2, 0.25) is 5.91 Å². The van der Waals surface area contributed by atoms with Crippen LogP contribution in [0.15, 0.2) is 18.2 Å². The fourth-order valence-electron chi connectivity index (χ4n) is 2.52. The number of amides is 1. The van der Waals surface area contributed by atoms with Crippen molar-refractivity contribution in [3.63, 3.8) is 0 Å². The summed E-state index contributed by atoms with van der Waals surface area (Å²) < 4.78 is 0. The number of benzene rings is 1. The van der Waals surface area contributed by atoms with Crippen LogP contribution in [-0.4, -0.2) is 62.0 Å². The first-order chi connectivity index (χ1) is 10.0. The maximum absolute atomic E-state index is 12.0. The zero-order valence-corrected chi connectivity index (χ0v) is 13.6. The Kier molecular flexibility index (Phi) is 6.03. The average molecular weight is 310 g/mol. The predicted molar refractivity (Wildman–Crippen MR) is 86.8 cm³/mol. The second-order valence-corrected chi connectivity index (χ2v) is 6.18. The van der Waals surface area contributed by atoms with Crippen molar-refractivity contribution in [3.05, 3.63) is 34.3 Å². The standard InChI is InChI=1S/C16H24ClN3O/c1-13-11-15(17)4-3-14(13)12-16(21)18-5-6-20-9-7-19(2)8-10-20/h3-4,11H,5-10,12H2,1-2H3,(H,18,21). The fourth-order valence-corrected chi connectivity index (χ4v) is 2.74. The molecule has 0 aromatic heterocycles. The van der Waals surface area contributed by atoms with Crippen molar-refractivity contribution in [2.45, 2.75) is 13.3 Å². The van der Waals surface area contributed by atoms with Crippen molar-refractivity contribution in [3.8, 4) is 0 Å². The molecule has 1 N–H and O–H groups in total.